The summed E-state index contributed by atoms with van der Waals surface area (Å²) in [4.78, 5) is 39.9. The molecule has 2 fully saturated rings. The Kier molecular flexibility index (Phi) is 8.56. The molecule has 0 aliphatic carbocycles. The molecule has 216 valence electrons. The quantitative estimate of drug-likeness (QED) is 0.481. The first-order valence-corrected chi connectivity index (χ1v) is 14.5. The van der Waals surface area contributed by atoms with Gasteiger partial charge in [0.15, 0.2) is 5.82 Å². The normalized spacial score (nSPS) is 20.1. The van der Waals surface area contributed by atoms with Gasteiger partial charge in [-0.25, -0.2) is 14.8 Å². The van der Waals surface area contributed by atoms with E-state index in [4.69, 9.17) is 19.4 Å². The average molecular weight is 551 g/mol. The predicted octanol–water partition coefficient (Wildman–Crippen LogP) is 3.85. The number of urea groups is 1. The Morgan fingerprint density at radius 2 is 1.90 bits per heavy atom. The molecule has 2 aromatic rings. The third kappa shape index (κ3) is 6.23. The summed E-state index contributed by atoms with van der Waals surface area (Å²) < 4.78 is 11.1. The van der Waals surface area contributed by atoms with Crippen LogP contribution in [0.15, 0.2) is 24.3 Å². The number of benzene rings is 1. The number of amides is 3. The summed E-state index contributed by atoms with van der Waals surface area (Å²) in [6.45, 7) is 13.2. The summed E-state index contributed by atoms with van der Waals surface area (Å²) in [5.74, 6) is 2.30. The maximum absolute atomic E-state index is 13.3. The molecule has 40 heavy (non-hydrogen) atoms. The summed E-state index contributed by atoms with van der Waals surface area (Å²) in [5.41, 5.74) is 3.16. The number of carbonyl (C=O) groups is 2. The van der Waals surface area contributed by atoms with Crippen LogP contribution in [-0.4, -0.2) is 78.9 Å². The van der Waals surface area contributed by atoms with Gasteiger partial charge in [-0.15, -0.1) is 0 Å². The van der Waals surface area contributed by atoms with Crippen LogP contribution in [0.2, 0.25) is 0 Å². The molecule has 3 amide bonds. The first-order chi connectivity index (χ1) is 19.2. The average Bonchev–Trinajstić information content (AvgIpc) is 2.93. The van der Waals surface area contributed by atoms with Gasteiger partial charge in [0.25, 0.3) is 0 Å². The summed E-state index contributed by atoms with van der Waals surface area (Å²) in [6.07, 6.45) is 2.73. The number of fused-ring (bicyclic) bond motifs is 1. The van der Waals surface area contributed by atoms with Gasteiger partial charge in [0.1, 0.15) is 5.82 Å². The van der Waals surface area contributed by atoms with Gasteiger partial charge in [0, 0.05) is 42.9 Å². The van der Waals surface area contributed by atoms with E-state index < -0.39 is 5.41 Å². The van der Waals surface area contributed by atoms with Crippen LogP contribution in [0.3, 0.4) is 0 Å². The Labute approximate surface area is 236 Å². The molecule has 3 aliphatic rings. The molecule has 2 saturated heterocycles. The SMILES string of the molecule is CC(C)CCCNC(=O)Nc1ccc(-c2nc3c(c(N4CCOCC4C)n2)CN(C(=O)C2(C)COC2)CC3)cc1. The van der Waals surface area contributed by atoms with Crippen molar-refractivity contribution >= 4 is 23.4 Å². The van der Waals surface area contributed by atoms with Crippen LogP contribution in [0.25, 0.3) is 11.4 Å². The van der Waals surface area contributed by atoms with Crippen molar-refractivity contribution < 1.29 is 19.1 Å². The van der Waals surface area contributed by atoms with Crippen molar-refractivity contribution in [1.29, 1.82) is 0 Å². The van der Waals surface area contributed by atoms with Gasteiger partial charge in [-0.1, -0.05) is 13.8 Å². The molecule has 10 nitrogen and oxygen atoms in total. The molecule has 2 N–H and O–H groups in total. The smallest absolute Gasteiger partial charge is 0.319 e. The van der Waals surface area contributed by atoms with E-state index in [1.807, 2.05) is 36.1 Å². The van der Waals surface area contributed by atoms with Crippen molar-refractivity contribution in [3.8, 4) is 11.4 Å². The highest BCUT2D eigenvalue weighted by Gasteiger charge is 2.44. The molecule has 0 saturated carbocycles. The monoisotopic (exact) mass is 550 g/mol. The second-order valence-corrected chi connectivity index (χ2v) is 11.9. The largest absolute Gasteiger partial charge is 0.379 e. The first kappa shape index (κ1) is 28.3. The summed E-state index contributed by atoms with van der Waals surface area (Å²) >= 11 is 0. The maximum atomic E-state index is 13.3. The van der Waals surface area contributed by atoms with E-state index in [2.05, 4.69) is 36.3 Å². The van der Waals surface area contributed by atoms with Crippen LogP contribution in [0.5, 0.6) is 0 Å². The van der Waals surface area contributed by atoms with Crippen molar-refractivity contribution in [3.63, 3.8) is 0 Å². The molecular formula is C30H42N6O4. The van der Waals surface area contributed by atoms with Crippen molar-refractivity contribution in [2.45, 2.75) is 59.5 Å². The third-order valence-corrected chi connectivity index (χ3v) is 7.97. The van der Waals surface area contributed by atoms with E-state index in [-0.39, 0.29) is 18.0 Å². The number of hydrogen-bond donors (Lipinski definition) is 2. The van der Waals surface area contributed by atoms with Gasteiger partial charge in [-0.3, -0.25) is 4.79 Å². The van der Waals surface area contributed by atoms with Crippen LogP contribution >= 0.6 is 0 Å². The van der Waals surface area contributed by atoms with Gasteiger partial charge in [-0.2, -0.15) is 0 Å². The fourth-order valence-corrected chi connectivity index (χ4v) is 5.48. The highest BCUT2D eigenvalue weighted by Crippen LogP contribution is 2.35. The Hall–Kier alpha value is -3.24. The lowest BCUT2D eigenvalue weighted by molar-refractivity contribution is -0.169. The van der Waals surface area contributed by atoms with E-state index in [1.165, 1.54) is 0 Å². The second kappa shape index (κ2) is 12.1. The predicted molar refractivity (Wildman–Crippen MR) is 154 cm³/mol. The van der Waals surface area contributed by atoms with E-state index in [9.17, 15) is 9.59 Å². The van der Waals surface area contributed by atoms with Gasteiger partial charge < -0.3 is 29.9 Å². The van der Waals surface area contributed by atoms with Gasteiger partial charge in [-0.05, 0) is 56.9 Å². The molecule has 1 aromatic heterocycles. The molecule has 1 aromatic carbocycles. The molecule has 1 unspecified atom stereocenters. The van der Waals surface area contributed by atoms with E-state index in [0.717, 1.165) is 42.0 Å². The van der Waals surface area contributed by atoms with Crippen LogP contribution in [-0.2, 0) is 27.2 Å². The highest BCUT2D eigenvalue weighted by atomic mass is 16.5. The number of ether oxygens (including phenoxy) is 2. The highest BCUT2D eigenvalue weighted by molar-refractivity contribution is 5.89. The Bertz CT molecular complexity index is 1210. The molecule has 5 rings (SSSR count). The lowest BCUT2D eigenvalue weighted by Gasteiger charge is -2.42. The minimum absolute atomic E-state index is 0.140. The second-order valence-electron chi connectivity index (χ2n) is 11.9. The van der Waals surface area contributed by atoms with Crippen molar-refractivity contribution in [3.05, 3.63) is 35.5 Å². The summed E-state index contributed by atoms with van der Waals surface area (Å²) in [5, 5.41) is 5.82. The Morgan fingerprint density at radius 3 is 2.58 bits per heavy atom. The van der Waals surface area contributed by atoms with Crippen LogP contribution in [0, 0.1) is 11.3 Å². The molecule has 0 spiro atoms. The van der Waals surface area contributed by atoms with Gasteiger partial charge in [0.05, 0.1) is 50.1 Å². The van der Waals surface area contributed by atoms with Crippen LogP contribution in [0.4, 0.5) is 16.3 Å². The lowest BCUT2D eigenvalue weighted by Crippen LogP contribution is -2.54. The molecule has 4 heterocycles. The minimum Gasteiger partial charge on any atom is -0.379 e. The van der Waals surface area contributed by atoms with Crippen LogP contribution < -0.4 is 15.5 Å². The number of nitrogens with zero attached hydrogens (tertiary/aromatic N) is 4. The van der Waals surface area contributed by atoms with E-state index >= 15 is 0 Å². The molecular weight excluding hydrogens is 508 g/mol. The Morgan fingerprint density at radius 1 is 1.12 bits per heavy atom. The van der Waals surface area contributed by atoms with Crippen molar-refractivity contribution in [2.75, 3.05) is 56.3 Å². The molecule has 10 heteroatoms. The summed E-state index contributed by atoms with van der Waals surface area (Å²) in [6, 6.07) is 7.61. The lowest BCUT2D eigenvalue weighted by atomic mass is 9.86. The standard InChI is InChI=1S/C30H42N6O4/c1-20(2)6-5-12-31-29(38)32-23-9-7-22(8-10-23)26-33-25-11-13-35(28(37)30(4)18-40-19-30)16-24(25)27(34-26)36-14-15-39-17-21(36)3/h7-10,20-21H,5-6,11-19H2,1-4H3,(H2,31,32,38). The fraction of sp³-hybridized carbons (Fsp3) is 0.600. The van der Waals surface area contributed by atoms with Gasteiger partial charge >= 0.3 is 6.03 Å². The Balaban J connectivity index is 1.35. The van der Waals surface area contributed by atoms with E-state index in [0.29, 0.717) is 69.9 Å². The zero-order valence-corrected chi connectivity index (χ0v) is 24.2. The number of morpholine rings is 1. The maximum Gasteiger partial charge on any atom is 0.319 e. The number of carbonyl (C=O) groups excluding carboxylic acids is 2. The zero-order chi connectivity index (χ0) is 28.3. The molecule has 0 radical (unpaired) electrons. The minimum atomic E-state index is -0.439. The number of nitrogens with one attached hydrogen (secondary N) is 2. The third-order valence-electron chi connectivity index (χ3n) is 7.97. The number of rotatable bonds is 8. The number of hydrogen-bond acceptors (Lipinski definition) is 7. The van der Waals surface area contributed by atoms with Crippen molar-refractivity contribution in [2.24, 2.45) is 11.3 Å². The molecule has 0 bridgehead atoms. The van der Waals surface area contributed by atoms with Gasteiger partial charge in [0.2, 0.25) is 5.91 Å². The first-order valence-electron chi connectivity index (χ1n) is 14.5. The number of aromatic nitrogens is 2. The van der Waals surface area contributed by atoms with E-state index in [1.54, 1.807) is 0 Å². The summed E-state index contributed by atoms with van der Waals surface area (Å²) in [7, 11) is 0. The number of anilines is 2. The zero-order valence-electron chi connectivity index (χ0n) is 24.2. The topological polar surface area (TPSA) is 109 Å². The fourth-order valence-electron chi connectivity index (χ4n) is 5.48. The van der Waals surface area contributed by atoms with Crippen molar-refractivity contribution in [1.82, 2.24) is 20.2 Å². The van der Waals surface area contributed by atoms with Crippen LogP contribution in [0.1, 0.15) is 51.8 Å². The molecule has 3 aliphatic heterocycles. The molecule has 1 atom stereocenters.